The van der Waals surface area contributed by atoms with Gasteiger partial charge in [0.2, 0.25) is 5.78 Å². The molecule has 2 heterocycles. The summed E-state index contributed by atoms with van der Waals surface area (Å²) in [5.74, 6) is 0.998. The van der Waals surface area contributed by atoms with Gasteiger partial charge in [0, 0.05) is 24.0 Å². The summed E-state index contributed by atoms with van der Waals surface area (Å²) in [6.45, 7) is 2.34. The molecule has 0 aliphatic carbocycles. The van der Waals surface area contributed by atoms with E-state index in [1.54, 1.807) is 25.2 Å². The number of amides is 1. The van der Waals surface area contributed by atoms with Crippen LogP contribution in [0.1, 0.15) is 21.7 Å². The number of carbonyl (C=O) groups excluding carboxylic acids is 1. The van der Waals surface area contributed by atoms with E-state index >= 15 is 0 Å². The van der Waals surface area contributed by atoms with Crippen molar-refractivity contribution < 1.29 is 4.79 Å². The summed E-state index contributed by atoms with van der Waals surface area (Å²) in [5.41, 5.74) is 3.76. The minimum absolute atomic E-state index is 0.109. The normalized spacial score (nSPS) is 11.1. The Labute approximate surface area is 189 Å². The van der Waals surface area contributed by atoms with Crippen molar-refractivity contribution in [2.75, 3.05) is 10.6 Å². The lowest BCUT2D eigenvalue weighted by Crippen LogP contribution is -2.20. The van der Waals surface area contributed by atoms with Crippen molar-refractivity contribution >= 4 is 34.0 Å². The predicted octanol–water partition coefficient (Wildman–Crippen LogP) is 3.75. The third kappa shape index (κ3) is 3.61. The Morgan fingerprint density at radius 2 is 1.64 bits per heavy atom. The summed E-state index contributed by atoms with van der Waals surface area (Å²) in [7, 11) is 1.69. The zero-order chi connectivity index (χ0) is 22.9. The highest BCUT2D eigenvalue weighted by Gasteiger charge is 2.15. The monoisotopic (exact) mass is 438 g/mol. The van der Waals surface area contributed by atoms with E-state index in [4.69, 9.17) is 0 Å². The third-order valence-electron chi connectivity index (χ3n) is 5.75. The number of nitrogens with zero attached hydrogens (tertiary/aromatic N) is 4. The van der Waals surface area contributed by atoms with Gasteiger partial charge in [-0.25, -0.2) is 0 Å². The second kappa shape index (κ2) is 8.23. The molecular weight excluding hydrogens is 416 g/mol. The molecule has 0 saturated heterocycles. The number of fused-ring (bicyclic) bond motifs is 3. The first-order valence-corrected chi connectivity index (χ1v) is 10.6. The number of nitrogens with one attached hydrogen (secondary N) is 2. The summed E-state index contributed by atoms with van der Waals surface area (Å²) in [6.07, 6.45) is 0. The largest absolute Gasteiger partial charge is 0.377 e. The Morgan fingerprint density at radius 1 is 0.909 bits per heavy atom. The minimum Gasteiger partial charge on any atom is -0.377 e. The lowest BCUT2D eigenvalue weighted by Gasteiger charge is -2.14. The molecule has 5 aromatic rings. The average Bonchev–Trinajstić information content (AvgIpc) is 3.28. The number of hydrogen-bond acceptors (Lipinski definition) is 5. The van der Waals surface area contributed by atoms with Gasteiger partial charge in [-0.15, -0.1) is 10.2 Å². The fraction of sp³-hybridized carbons (Fsp3) is 0.120. The topological polar surface area (TPSA) is 93.3 Å². The quantitative estimate of drug-likeness (QED) is 0.436. The molecule has 0 fully saturated rings. The van der Waals surface area contributed by atoms with Gasteiger partial charge in [-0.3, -0.25) is 18.6 Å². The molecule has 0 bridgehead atoms. The van der Waals surface area contributed by atoms with E-state index in [2.05, 4.69) is 20.8 Å². The second-order valence-electron chi connectivity index (χ2n) is 7.78. The molecule has 164 valence electrons. The van der Waals surface area contributed by atoms with Crippen molar-refractivity contribution in [3.63, 3.8) is 0 Å². The van der Waals surface area contributed by atoms with Gasteiger partial charge in [0.15, 0.2) is 5.82 Å². The fourth-order valence-corrected chi connectivity index (χ4v) is 3.93. The molecule has 0 unspecified atom stereocenters. The predicted molar refractivity (Wildman–Crippen MR) is 129 cm³/mol. The van der Waals surface area contributed by atoms with Crippen LogP contribution in [0.2, 0.25) is 0 Å². The van der Waals surface area contributed by atoms with Crippen LogP contribution in [-0.4, -0.2) is 25.1 Å². The van der Waals surface area contributed by atoms with Crippen molar-refractivity contribution in [3.05, 3.63) is 100 Å². The van der Waals surface area contributed by atoms with Crippen LogP contribution in [0.3, 0.4) is 0 Å². The van der Waals surface area contributed by atoms with E-state index in [1.165, 1.54) is 4.57 Å². The van der Waals surface area contributed by atoms with Crippen LogP contribution >= 0.6 is 0 Å². The van der Waals surface area contributed by atoms with E-state index in [-0.39, 0.29) is 11.5 Å². The van der Waals surface area contributed by atoms with Gasteiger partial charge < -0.3 is 10.6 Å². The van der Waals surface area contributed by atoms with Gasteiger partial charge in [-0.05, 0) is 48.9 Å². The van der Waals surface area contributed by atoms with E-state index in [0.717, 1.165) is 22.5 Å². The molecule has 1 amide bonds. The number of carbonyl (C=O) groups is 1. The maximum absolute atomic E-state index is 12.6. The van der Waals surface area contributed by atoms with E-state index in [1.807, 2.05) is 65.9 Å². The van der Waals surface area contributed by atoms with Crippen LogP contribution in [-0.2, 0) is 13.6 Å². The highest BCUT2D eigenvalue weighted by Crippen LogP contribution is 2.25. The molecule has 8 heteroatoms. The van der Waals surface area contributed by atoms with Crippen LogP contribution in [0.25, 0.3) is 16.7 Å². The summed E-state index contributed by atoms with van der Waals surface area (Å²) in [5, 5.41) is 15.5. The van der Waals surface area contributed by atoms with E-state index < -0.39 is 0 Å². The van der Waals surface area contributed by atoms with Crippen molar-refractivity contribution in [2.24, 2.45) is 7.05 Å². The highest BCUT2D eigenvalue weighted by molar-refractivity contribution is 6.05. The van der Waals surface area contributed by atoms with E-state index in [0.29, 0.717) is 29.1 Å². The van der Waals surface area contributed by atoms with Gasteiger partial charge in [0.1, 0.15) is 0 Å². The van der Waals surface area contributed by atoms with Crippen molar-refractivity contribution in [3.8, 4) is 0 Å². The molecule has 0 radical (unpaired) electrons. The Bertz CT molecular complexity index is 1550. The fourth-order valence-electron chi connectivity index (χ4n) is 3.93. The first-order valence-electron chi connectivity index (χ1n) is 10.6. The smallest absolute Gasteiger partial charge is 0.262 e. The molecule has 0 saturated carbocycles. The number of aryl methyl sites for hydroxylation is 1. The molecule has 0 aliphatic heterocycles. The molecule has 2 N–H and O–H groups in total. The van der Waals surface area contributed by atoms with Crippen molar-refractivity contribution in [1.82, 2.24) is 19.2 Å². The Hall–Kier alpha value is -4.46. The molecular formula is C25H22N6O2. The lowest BCUT2D eigenvalue weighted by molar-refractivity contribution is 0.102. The molecule has 0 atom stereocenters. The van der Waals surface area contributed by atoms with Gasteiger partial charge in [-0.1, -0.05) is 36.4 Å². The van der Waals surface area contributed by atoms with Gasteiger partial charge in [0.05, 0.1) is 17.4 Å². The van der Waals surface area contributed by atoms with Gasteiger partial charge >= 0.3 is 0 Å². The standard InChI is InChI=1S/C25H22N6O2/c1-16-19(12-8-13-20(16)27-23(32)17-9-4-3-5-10-17)26-15-22-28-29-25-30(2)24(33)18-11-6-7-14-21(18)31(22)25/h3-14,26H,15H2,1-2H3,(H,27,32). The maximum atomic E-state index is 12.6. The zero-order valence-electron chi connectivity index (χ0n) is 18.2. The summed E-state index contributed by atoms with van der Waals surface area (Å²) in [6, 6.07) is 22.2. The summed E-state index contributed by atoms with van der Waals surface area (Å²) >= 11 is 0. The molecule has 3 aromatic carbocycles. The van der Waals surface area contributed by atoms with Gasteiger partial charge in [-0.2, -0.15) is 0 Å². The van der Waals surface area contributed by atoms with Crippen LogP contribution in [0, 0.1) is 6.92 Å². The van der Waals surface area contributed by atoms with E-state index in [9.17, 15) is 9.59 Å². The van der Waals surface area contributed by atoms with Crippen LogP contribution in [0.5, 0.6) is 0 Å². The first kappa shape index (κ1) is 20.4. The van der Waals surface area contributed by atoms with Crippen LogP contribution in [0.15, 0.2) is 77.6 Å². The van der Waals surface area contributed by atoms with Crippen LogP contribution < -0.4 is 16.2 Å². The number of anilines is 2. The average molecular weight is 438 g/mol. The lowest BCUT2D eigenvalue weighted by atomic mass is 10.1. The summed E-state index contributed by atoms with van der Waals surface area (Å²) < 4.78 is 3.39. The first-order chi connectivity index (χ1) is 16.0. The van der Waals surface area contributed by atoms with Crippen molar-refractivity contribution in [1.29, 1.82) is 0 Å². The molecule has 2 aromatic heterocycles. The molecule has 8 nitrogen and oxygen atoms in total. The second-order valence-corrected chi connectivity index (χ2v) is 7.78. The SMILES string of the molecule is Cc1c(NCc2nnc3n(C)c(=O)c4ccccc4n23)cccc1NC(=O)c1ccccc1. The molecule has 0 spiro atoms. The van der Waals surface area contributed by atoms with Crippen molar-refractivity contribution in [2.45, 2.75) is 13.5 Å². The number of benzene rings is 3. The number of rotatable bonds is 5. The van der Waals surface area contributed by atoms with Crippen LogP contribution in [0.4, 0.5) is 11.4 Å². The third-order valence-corrected chi connectivity index (χ3v) is 5.75. The number of hydrogen-bond donors (Lipinski definition) is 2. The maximum Gasteiger partial charge on any atom is 0.262 e. The molecule has 5 rings (SSSR count). The Morgan fingerprint density at radius 3 is 2.45 bits per heavy atom. The molecule has 0 aliphatic rings. The zero-order valence-corrected chi connectivity index (χ0v) is 18.2. The van der Waals surface area contributed by atoms with Gasteiger partial charge in [0.25, 0.3) is 11.5 Å². The minimum atomic E-state index is -0.160. The summed E-state index contributed by atoms with van der Waals surface area (Å²) in [4.78, 5) is 25.2. The Balaban J connectivity index is 1.44. The number of aromatic nitrogens is 4. The number of para-hydroxylation sites is 1. The molecule has 33 heavy (non-hydrogen) atoms. The Kier molecular flexibility index (Phi) is 5.10. The highest BCUT2D eigenvalue weighted by atomic mass is 16.1.